The van der Waals surface area contributed by atoms with Crippen molar-refractivity contribution in [2.75, 3.05) is 6.61 Å². The monoisotopic (exact) mass is 143 g/mol. The largest absolute Gasteiger partial charge is 0.545 e. The Morgan fingerprint density at radius 3 is 2.60 bits per heavy atom. The third kappa shape index (κ3) is 3.25. The van der Waals surface area contributed by atoms with Gasteiger partial charge in [-0.15, -0.1) is 0 Å². The van der Waals surface area contributed by atoms with Crippen molar-refractivity contribution in [1.82, 2.24) is 0 Å². The lowest BCUT2D eigenvalue weighted by Crippen LogP contribution is -2.24. The molecule has 0 unspecified atom stereocenters. The SMILES string of the molecule is C/C=C(\CCCO)C(=O)[O-]. The van der Waals surface area contributed by atoms with Crippen LogP contribution in [0.5, 0.6) is 0 Å². The predicted octanol–water partition coefficient (Wildman–Crippen LogP) is -0.545. The van der Waals surface area contributed by atoms with E-state index in [1.807, 2.05) is 0 Å². The zero-order valence-electron chi connectivity index (χ0n) is 5.96. The number of allylic oxidation sites excluding steroid dienone is 1. The van der Waals surface area contributed by atoms with E-state index < -0.39 is 5.97 Å². The zero-order chi connectivity index (χ0) is 7.98. The van der Waals surface area contributed by atoms with Crippen molar-refractivity contribution < 1.29 is 15.0 Å². The molecule has 0 amide bonds. The number of rotatable bonds is 4. The van der Waals surface area contributed by atoms with E-state index in [1.54, 1.807) is 6.92 Å². The van der Waals surface area contributed by atoms with Gasteiger partial charge in [-0.25, -0.2) is 0 Å². The summed E-state index contributed by atoms with van der Waals surface area (Å²) in [6.07, 6.45) is 2.36. The molecule has 0 atom stereocenters. The van der Waals surface area contributed by atoms with E-state index in [4.69, 9.17) is 5.11 Å². The van der Waals surface area contributed by atoms with E-state index in [0.717, 1.165) is 0 Å². The standard InChI is InChI=1S/C7H12O3/c1-2-6(7(9)10)4-3-5-8/h2,8H,3-5H2,1H3,(H,9,10)/p-1/b6-2+. The Bertz CT molecular complexity index is 138. The van der Waals surface area contributed by atoms with Crippen molar-refractivity contribution >= 4 is 5.97 Å². The lowest BCUT2D eigenvalue weighted by molar-refractivity contribution is -0.299. The van der Waals surface area contributed by atoms with Crippen LogP contribution in [-0.2, 0) is 4.79 Å². The molecule has 0 fully saturated rings. The van der Waals surface area contributed by atoms with Crippen LogP contribution in [0.3, 0.4) is 0 Å². The second-order valence-corrected chi connectivity index (χ2v) is 1.93. The Balaban J connectivity index is 3.74. The molecule has 0 saturated heterocycles. The molecule has 0 radical (unpaired) electrons. The first-order valence-corrected chi connectivity index (χ1v) is 3.19. The number of carbonyl (C=O) groups is 1. The molecular formula is C7H11O3-. The minimum absolute atomic E-state index is 0.0185. The van der Waals surface area contributed by atoms with Gasteiger partial charge in [-0.2, -0.15) is 0 Å². The summed E-state index contributed by atoms with van der Waals surface area (Å²) in [7, 11) is 0. The lowest BCUT2D eigenvalue weighted by atomic mass is 10.1. The smallest absolute Gasteiger partial charge is 0.0671 e. The average molecular weight is 143 g/mol. The van der Waals surface area contributed by atoms with Gasteiger partial charge in [0, 0.05) is 6.61 Å². The fourth-order valence-electron chi connectivity index (χ4n) is 0.634. The summed E-state index contributed by atoms with van der Waals surface area (Å²) in [5.41, 5.74) is 0.258. The van der Waals surface area contributed by atoms with Crippen molar-refractivity contribution in [3.05, 3.63) is 11.6 Å². The highest BCUT2D eigenvalue weighted by atomic mass is 16.4. The topological polar surface area (TPSA) is 60.4 Å². The number of aliphatic hydroxyl groups is 1. The second kappa shape index (κ2) is 4.99. The number of carboxylic acid groups (broad SMARTS) is 1. The molecular weight excluding hydrogens is 132 g/mol. The molecule has 0 spiro atoms. The van der Waals surface area contributed by atoms with Crippen LogP contribution < -0.4 is 5.11 Å². The maximum Gasteiger partial charge on any atom is 0.0671 e. The first-order valence-electron chi connectivity index (χ1n) is 3.19. The second-order valence-electron chi connectivity index (χ2n) is 1.93. The summed E-state index contributed by atoms with van der Waals surface area (Å²) in [5.74, 6) is -1.14. The van der Waals surface area contributed by atoms with E-state index in [9.17, 15) is 9.90 Å². The van der Waals surface area contributed by atoms with E-state index in [-0.39, 0.29) is 12.2 Å². The lowest BCUT2D eigenvalue weighted by Gasteiger charge is -2.05. The van der Waals surface area contributed by atoms with Gasteiger partial charge < -0.3 is 15.0 Å². The fourth-order valence-corrected chi connectivity index (χ4v) is 0.634. The van der Waals surface area contributed by atoms with Crippen LogP contribution in [0.4, 0.5) is 0 Å². The first kappa shape index (κ1) is 9.17. The maximum absolute atomic E-state index is 10.2. The summed E-state index contributed by atoms with van der Waals surface area (Å²) < 4.78 is 0. The Kier molecular flexibility index (Phi) is 4.58. The van der Waals surface area contributed by atoms with Crippen LogP contribution in [0.2, 0.25) is 0 Å². The normalized spacial score (nSPS) is 11.6. The Labute approximate surface area is 60.0 Å². The van der Waals surface area contributed by atoms with Crippen LogP contribution >= 0.6 is 0 Å². The Morgan fingerprint density at radius 2 is 2.30 bits per heavy atom. The van der Waals surface area contributed by atoms with E-state index >= 15 is 0 Å². The van der Waals surface area contributed by atoms with Crippen molar-refractivity contribution in [1.29, 1.82) is 0 Å². The minimum atomic E-state index is -1.14. The van der Waals surface area contributed by atoms with Crippen LogP contribution in [0, 0.1) is 0 Å². The molecule has 3 heteroatoms. The molecule has 0 bridgehead atoms. The molecule has 0 aromatic heterocycles. The number of aliphatic carboxylic acids is 1. The number of hydrogen-bond donors (Lipinski definition) is 1. The van der Waals surface area contributed by atoms with Crippen molar-refractivity contribution in [2.24, 2.45) is 0 Å². The van der Waals surface area contributed by atoms with Crippen LogP contribution in [0.25, 0.3) is 0 Å². The number of carboxylic acids is 1. The number of hydrogen-bond acceptors (Lipinski definition) is 3. The number of aliphatic hydroxyl groups excluding tert-OH is 1. The zero-order valence-corrected chi connectivity index (χ0v) is 5.96. The van der Waals surface area contributed by atoms with E-state index in [2.05, 4.69) is 0 Å². The highest BCUT2D eigenvalue weighted by Gasteiger charge is 1.94. The highest BCUT2D eigenvalue weighted by molar-refractivity contribution is 5.84. The number of carbonyl (C=O) groups excluding carboxylic acids is 1. The molecule has 0 aliphatic carbocycles. The maximum atomic E-state index is 10.2. The first-order chi connectivity index (χ1) is 4.72. The van der Waals surface area contributed by atoms with E-state index in [0.29, 0.717) is 12.8 Å². The molecule has 0 saturated carbocycles. The predicted molar refractivity (Wildman–Crippen MR) is 35.1 cm³/mol. The Hall–Kier alpha value is -0.830. The van der Waals surface area contributed by atoms with Crippen LogP contribution in [-0.4, -0.2) is 17.7 Å². The van der Waals surface area contributed by atoms with Gasteiger partial charge in [-0.05, 0) is 25.3 Å². The van der Waals surface area contributed by atoms with Gasteiger partial charge in [0.15, 0.2) is 0 Å². The summed E-state index contributed by atoms with van der Waals surface area (Å²) in [6, 6.07) is 0. The fraction of sp³-hybridized carbons (Fsp3) is 0.571. The minimum Gasteiger partial charge on any atom is -0.545 e. The van der Waals surface area contributed by atoms with E-state index in [1.165, 1.54) is 6.08 Å². The summed E-state index contributed by atoms with van der Waals surface area (Å²) in [5, 5.41) is 18.5. The quantitative estimate of drug-likeness (QED) is 0.537. The molecule has 3 nitrogen and oxygen atoms in total. The van der Waals surface area contributed by atoms with Gasteiger partial charge in [0.2, 0.25) is 0 Å². The van der Waals surface area contributed by atoms with Gasteiger partial charge >= 0.3 is 0 Å². The Morgan fingerprint density at radius 1 is 1.70 bits per heavy atom. The summed E-state index contributed by atoms with van der Waals surface area (Å²) in [4.78, 5) is 10.2. The molecule has 1 N–H and O–H groups in total. The third-order valence-corrected chi connectivity index (χ3v) is 1.21. The molecule has 0 aliphatic rings. The molecule has 0 heterocycles. The molecule has 58 valence electrons. The van der Waals surface area contributed by atoms with Crippen LogP contribution in [0.1, 0.15) is 19.8 Å². The molecule has 10 heavy (non-hydrogen) atoms. The van der Waals surface area contributed by atoms with Crippen molar-refractivity contribution in [2.45, 2.75) is 19.8 Å². The molecule has 0 aromatic carbocycles. The summed E-state index contributed by atoms with van der Waals surface area (Å²) in [6.45, 7) is 1.66. The molecule has 0 aliphatic heterocycles. The van der Waals surface area contributed by atoms with Gasteiger partial charge in [0.25, 0.3) is 0 Å². The molecule has 0 rings (SSSR count). The molecule has 0 aromatic rings. The summed E-state index contributed by atoms with van der Waals surface area (Å²) >= 11 is 0. The highest BCUT2D eigenvalue weighted by Crippen LogP contribution is 2.02. The van der Waals surface area contributed by atoms with Gasteiger partial charge in [0.05, 0.1) is 5.97 Å². The average Bonchev–Trinajstić information content (AvgIpc) is 1.89. The van der Waals surface area contributed by atoms with Gasteiger partial charge in [0.1, 0.15) is 0 Å². The van der Waals surface area contributed by atoms with Gasteiger partial charge in [-0.3, -0.25) is 0 Å². The van der Waals surface area contributed by atoms with Crippen molar-refractivity contribution in [3.63, 3.8) is 0 Å². The van der Waals surface area contributed by atoms with Crippen LogP contribution in [0.15, 0.2) is 11.6 Å². The van der Waals surface area contributed by atoms with Crippen molar-refractivity contribution in [3.8, 4) is 0 Å². The van der Waals surface area contributed by atoms with Gasteiger partial charge in [-0.1, -0.05) is 6.08 Å². The third-order valence-electron chi connectivity index (χ3n) is 1.21.